The lowest BCUT2D eigenvalue weighted by atomic mass is 10.2. The van der Waals surface area contributed by atoms with Gasteiger partial charge in [0.25, 0.3) is 5.56 Å². The van der Waals surface area contributed by atoms with Crippen LogP contribution in [0.1, 0.15) is 5.56 Å². The van der Waals surface area contributed by atoms with E-state index < -0.39 is 5.82 Å². The van der Waals surface area contributed by atoms with Crippen molar-refractivity contribution in [2.24, 2.45) is 0 Å². The maximum absolute atomic E-state index is 14.4. The minimum atomic E-state index is -0.556. The van der Waals surface area contributed by atoms with Crippen LogP contribution in [-0.4, -0.2) is 21.2 Å². The quantitative estimate of drug-likeness (QED) is 0.360. The number of thiophene rings is 1. The summed E-state index contributed by atoms with van der Waals surface area (Å²) in [5.74, 6) is -1.21. The lowest BCUT2D eigenvalue weighted by Crippen LogP contribution is -2.26. The third-order valence-electron chi connectivity index (χ3n) is 4.28. The van der Waals surface area contributed by atoms with Gasteiger partial charge in [-0.15, -0.1) is 11.3 Å². The molecule has 0 spiro atoms. The molecule has 2 heterocycles. The summed E-state index contributed by atoms with van der Waals surface area (Å²) in [5.41, 5.74) is 0.969. The van der Waals surface area contributed by atoms with Crippen molar-refractivity contribution in [1.82, 2.24) is 14.9 Å². The second-order valence-corrected chi connectivity index (χ2v) is 8.17. The predicted octanol–water partition coefficient (Wildman–Crippen LogP) is 4.13. The fourth-order valence-corrected chi connectivity index (χ4v) is 4.41. The first-order valence-electron chi connectivity index (χ1n) is 8.92. The molecule has 9 heteroatoms. The van der Waals surface area contributed by atoms with Gasteiger partial charge in [0.15, 0.2) is 5.16 Å². The van der Waals surface area contributed by atoms with Crippen molar-refractivity contribution < 1.29 is 13.6 Å². The summed E-state index contributed by atoms with van der Waals surface area (Å²) in [6.45, 7) is 0.247. The monoisotopic (exact) mass is 443 g/mol. The number of nitrogens with zero attached hydrogens (tertiary/aromatic N) is 2. The van der Waals surface area contributed by atoms with Gasteiger partial charge < -0.3 is 5.32 Å². The second-order valence-electron chi connectivity index (χ2n) is 6.31. The van der Waals surface area contributed by atoms with Crippen LogP contribution in [0.4, 0.5) is 8.78 Å². The number of thioether (sulfide) groups is 1. The number of nitrogens with one attached hydrogen (secondary N) is 1. The Kier molecular flexibility index (Phi) is 5.91. The first-order chi connectivity index (χ1) is 14.5. The van der Waals surface area contributed by atoms with E-state index in [9.17, 15) is 18.4 Å². The Morgan fingerprint density at radius 2 is 1.87 bits per heavy atom. The number of halogens is 2. The smallest absolute Gasteiger partial charge is 0.276 e. The number of para-hydroxylation sites is 1. The molecule has 0 fully saturated rings. The van der Waals surface area contributed by atoms with E-state index >= 15 is 0 Å². The molecule has 0 atom stereocenters. The number of rotatable bonds is 6. The minimum Gasteiger partial charge on any atom is -0.351 e. The van der Waals surface area contributed by atoms with Gasteiger partial charge in [-0.05, 0) is 41.3 Å². The molecule has 5 nitrogen and oxygen atoms in total. The molecule has 0 saturated heterocycles. The molecule has 2 aromatic heterocycles. The zero-order chi connectivity index (χ0) is 21.1. The highest BCUT2D eigenvalue weighted by Gasteiger charge is 2.17. The van der Waals surface area contributed by atoms with Crippen LogP contribution >= 0.6 is 23.1 Å². The molecule has 152 valence electrons. The van der Waals surface area contributed by atoms with E-state index in [4.69, 9.17) is 0 Å². The summed E-state index contributed by atoms with van der Waals surface area (Å²) in [6.07, 6.45) is 0. The molecule has 1 amide bonds. The molecule has 4 aromatic rings. The molecule has 2 aromatic carbocycles. The van der Waals surface area contributed by atoms with Gasteiger partial charge in [0.1, 0.15) is 16.3 Å². The van der Waals surface area contributed by atoms with Gasteiger partial charge in [0, 0.05) is 6.54 Å². The Morgan fingerprint density at radius 1 is 1.10 bits per heavy atom. The molecule has 30 heavy (non-hydrogen) atoms. The fourth-order valence-electron chi connectivity index (χ4n) is 2.82. The zero-order valence-electron chi connectivity index (χ0n) is 15.5. The molecule has 0 aliphatic rings. The first kappa shape index (κ1) is 20.2. The van der Waals surface area contributed by atoms with Crippen molar-refractivity contribution in [2.45, 2.75) is 11.7 Å². The van der Waals surface area contributed by atoms with Crippen LogP contribution in [0.25, 0.3) is 15.9 Å². The van der Waals surface area contributed by atoms with Gasteiger partial charge in [-0.1, -0.05) is 36.0 Å². The highest BCUT2D eigenvalue weighted by Crippen LogP contribution is 2.24. The molecule has 0 radical (unpaired) electrons. The number of aromatic nitrogens is 2. The van der Waals surface area contributed by atoms with Crippen LogP contribution in [0.2, 0.25) is 0 Å². The largest absolute Gasteiger partial charge is 0.351 e. The van der Waals surface area contributed by atoms with Gasteiger partial charge in [0.2, 0.25) is 5.91 Å². The maximum Gasteiger partial charge on any atom is 0.276 e. The van der Waals surface area contributed by atoms with Gasteiger partial charge in [0.05, 0.1) is 17.0 Å². The van der Waals surface area contributed by atoms with Crippen LogP contribution in [0.5, 0.6) is 0 Å². The third-order valence-corrected chi connectivity index (χ3v) is 6.11. The summed E-state index contributed by atoms with van der Waals surface area (Å²) >= 11 is 2.28. The lowest BCUT2D eigenvalue weighted by molar-refractivity contribution is -0.118. The Hall–Kier alpha value is -3.04. The number of carbonyl (C=O) groups excluding carboxylic acids is 1. The molecule has 1 N–H and O–H groups in total. The van der Waals surface area contributed by atoms with Crippen molar-refractivity contribution in [3.8, 4) is 5.69 Å². The molecular formula is C21H15F2N3O2S2. The Balaban J connectivity index is 1.57. The van der Waals surface area contributed by atoms with Gasteiger partial charge in [-0.2, -0.15) is 0 Å². The Morgan fingerprint density at radius 3 is 2.63 bits per heavy atom. The average molecular weight is 444 g/mol. The standard InChI is InChI=1S/C21H15F2N3O2S2/c22-14-7-5-13(6-8-14)11-24-18(27)12-30-21-25-16-9-10-29-19(16)20(28)26(21)17-4-2-1-3-15(17)23/h1-10H,11-12H2,(H,24,27). The molecule has 4 rings (SSSR count). The van der Waals surface area contributed by atoms with Gasteiger partial charge >= 0.3 is 0 Å². The lowest BCUT2D eigenvalue weighted by Gasteiger charge is -2.12. The number of hydrogen-bond donors (Lipinski definition) is 1. The Labute approximate surface area is 178 Å². The summed E-state index contributed by atoms with van der Waals surface area (Å²) in [6, 6.07) is 13.5. The highest BCUT2D eigenvalue weighted by atomic mass is 32.2. The summed E-state index contributed by atoms with van der Waals surface area (Å²) < 4.78 is 29.0. The summed E-state index contributed by atoms with van der Waals surface area (Å²) in [7, 11) is 0. The van der Waals surface area contributed by atoms with Crippen LogP contribution in [0.3, 0.4) is 0 Å². The number of amides is 1. The number of carbonyl (C=O) groups is 1. The van der Waals surface area contributed by atoms with E-state index in [0.717, 1.165) is 17.3 Å². The van der Waals surface area contributed by atoms with Crippen LogP contribution in [0.15, 0.2) is 69.9 Å². The van der Waals surface area contributed by atoms with Crippen molar-refractivity contribution in [2.75, 3.05) is 5.75 Å². The zero-order valence-corrected chi connectivity index (χ0v) is 17.1. The Bertz CT molecular complexity index is 1270. The number of benzene rings is 2. The van der Waals surface area contributed by atoms with E-state index in [1.807, 2.05) is 0 Å². The van der Waals surface area contributed by atoms with E-state index in [1.165, 1.54) is 46.2 Å². The molecule has 0 saturated carbocycles. The number of fused-ring (bicyclic) bond motifs is 1. The molecular weight excluding hydrogens is 428 g/mol. The normalized spacial score (nSPS) is 11.0. The highest BCUT2D eigenvalue weighted by molar-refractivity contribution is 7.99. The third kappa shape index (κ3) is 4.27. The van der Waals surface area contributed by atoms with Crippen molar-refractivity contribution in [3.05, 3.63) is 87.5 Å². The fraction of sp³-hybridized carbons (Fsp3) is 0.0952. The predicted molar refractivity (Wildman–Crippen MR) is 114 cm³/mol. The molecule has 0 bridgehead atoms. The topological polar surface area (TPSA) is 64.0 Å². The van der Waals surface area contributed by atoms with Crippen molar-refractivity contribution in [1.29, 1.82) is 0 Å². The van der Waals surface area contributed by atoms with Gasteiger partial charge in [-0.3, -0.25) is 14.2 Å². The molecule has 0 unspecified atom stereocenters. The van der Waals surface area contributed by atoms with E-state index in [0.29, 0.717) is 10.2 Å². The van der Waals surface area contributed by atoms with E-state index in [1.54, 1.807) is 29.6 Å². The second kappa shape index (κ2) is 8.76. The average Bonchev–Trinajstić information content (AvgIpc) is 3.22. The van der Waals surface area contributed by atoms with Crippen molar-refractivity contribution >= 4 is 39.2 Å². The first-order valence-corrected chi connectivity index (χ1v) is 10.8. The van der Waals surface area contributed by atoms with Crippen molar-refractivity contribution in [3.63, 3.8) is 0 Å². The van der Waals surface area contributed by atoms with Crippen LogP contribution in [-0.2, 0) is 11.3 Å². The van der Waals surface area contributed by atoms with E-state index in [2.05, 4.69) is 10.3 Å². The SMILES string of the molecule is O=C(CSc1nc2ccsc2c(=O)n1-c1ccccc1F)NCc1ccc(F)cc1. The minimum absolute atomic E-state index is 0.0161. The summed E-state index contributed by atoms with van der Waals surface area (Å²) in [4.78, 5) is 29.7. The maximum atomic E-state index is 14.4. The molecule has 0 aliphatic heterocycles. The van der Waals surface area contributed by atoms with Crippen LogP contribution < -0.4 is 10.9 Å². The van der Waals surface area contributed by atoms with Crippen LogP contribution in [0, 0.1) is 11.6 Å². The molecule has 0 aliphatic carbocycles. The van der Waals surface area contributed by atoms with E-state index in [-0.39, 0.29) is 40.4 Å². The summed E-state index contributed by atoms with van der Waals surface area (Å²) in [5, 5.41) is 4.71. The number of hydrogen-bond acceptors (Lipinski definition) is 5. The van der Waals surface area contributed by atoms with Gasteiger partial charge in [-0.25, -0.2) is 13.8 Å².